The Morgan fingerprint density at radius 1 is 1.33 bits per heavy atom. The van der Waals surface area contributed by atoms with Crippen molar-refractivity contribution < 1.29 is 14.7 Å². The van der Waals surface area contributed by atoms with E-state index in [9.17, 15) is 0 Å². The van der Waals surface area contributed by atoms with Crippen LogP contribution in [-0.2, 0) is 0 Å². The maximum Gasteiger partial charge on any atom is 0.170 e. The number of amidine groups is 1. The predicted molar refractivity (Wildman–Crippen MR) is 70.5 cm³/mol. The van der Waals surface area contributed by atoms with E-state index >= 15 is 0 Å². The molecule has 3 N–H and O–H groups in total. The second kappa shape index (κ2) is 6.74. The molecule has 0 spiro atoms. The highest BCUT2D eigenvalue weighted by Gasteiger charge is 2.09. The van der Waals surface area contributed by atoms with Crippen LogP contribution in [0.2, 0.25) is 0 Å². The highest BCUT2D eigenvalue weighted by atomic mass is 16.5. The van der Waals surface area contributed by atoms with Crippen LogP contribution in [0.1, 0.15) is 26.3 Å². The number of benzene rings is 1. The Bertz CT molecular complexity index is 417. The van der Waals surface area contributed by atoms with Crippen LogP contribution in [0.15, 0.2) is 23.4 Å². The van der Waals surface area contributed by atoms with Crippen molar-refractivity contribution in [1.29, 1.82) is 0 Å². The molecule has 0 aliphatic rings. The molecule has 0 atom stereocenters. The van der Waals surface area contributed by atoms with Gasteiger partial charge >= 0.3 is 0 Å². The van der Waals surface area contributed by atoms with Gasteiger partial charge in [0, 0.05) is 5.56 Å². The number of rotatable bonds is 6. The Balaban J connectivity index is 2.96. The maximum atomic E-state index is 8.65. The van der Waals surface area contributed by atoms with Gasteiger partial charge in [0.2, 0.25) is 0 Å². The Labute approximate surface area is 107 Å². The van der Waals surface area contributed by atoms with Crippen LogP contribution >= 0.6 is 0 Å². The van der Waals surface area contributed by atoms with Crippen LogP contribution in [0, 0.1) is 5.92 Å². The third-order valence-corrected chi connectivity index (χ3v) is 2.22. The fraction of sp³-hybridized carbons (Fsp3) is 0.462. The molecule has 0 fully saturated rings. The van der Waals surface area contributed by atoms with Crippen LogP contribution in [0.5, 0.6) is 11.5 Å². The first-order valence-corrected chi connectivity index (χ1v) is 5.96. The van der Waals surface area contributed by atoms with Crippen molar-refractivity contribution in [1.82, 2.24) is 0 Å². The molecule has 0 heterocycles. The van der Waals surface area contributed by atoms with E-state index in [-0.39, 0.29) is 5.84 Å². The maximum absolute atomic E-state index is 8.65. The zero-order chi connectivity index (χ0) is 13.5. The Morgan fingerprint density at radius 2 is 2.06 bits per heavy atom. The molecule has 5 nitrogen and oxygen atoms in total. The molecule has 0 aliphatic heterocycles. The normalized spacial score (nSPS) is 11.7. The largest absolute Gasteiger partial charge is 0.490 e. The lowest BCUT2D eigenvalue weighted by Gasteiger charge is -2.14. The summed E-state index contributed by atoms with van der Waals surface area (Å²) in [4.78, 5) is 0. The second-order valence-corrected chi connectivity index (χ2v) is 4.28. The van der Waals surface area contributed by atoms with E-state index in [0.29, 0.717) is 36.2 Å². The fourth-order valence-corrected chi connectivity index (χ4v) is 1.37. The lowest BCUT2D eigenvalue weighted by atomic mass is 10.2. The first-order valence-electron chi connectivity index (χ1n) is 5.96. The molecule has 1 aromatic rings. The SMILES string of the molecule is CCOc1cc(C(N)=NO)ccc1OCC(C)C. The van der Waals surface area contributed by atoms with Crippen molar-refractivity contribution in [3.8, 4) is 11.5 Å². The molecule has 1 rings (SSSR count). The number of nitrogens with zero attached hydrogens (tertiary/aromatic N) is 1. The van der Waals surface area contributed by atoms with Gasteiger partial charge in [0.1, 0.15) is 0 Å². The Morgan fingerprint density at radius 3 is 2.61 bits per heavy atom. The number of hydrogen-bond acceptors (Lipinski definition) is 4. The van der Waals surface area contributed by atoms with Crippen molar-refractivity contribution in [3.63, 3.8) is 0 Å². The van der Waals surface area contributed by atoms with E-state index in [1.807, 2.05) is 6.92 Å². The smallest absolute Gasteiger partial charge is 0.170 e. The Kier molecular flexibility index (Phi) is 5.30. The molecule has 0 amide bonds. The molecule has 18 heavy (non-hydrogen) atoms. The summed E-state index contributed by atoms with van der Waals surface area (Å²) in [5, 5.41) is 11.6. The minimum Gasteiger partial charge on any atom is -0.490 e. The monoisotopic (exact) mass is 252 g/mol. The van der Waals surface area contributed by atoms with Gasteiger partial charge in [-0.15, -0.1) is 0 Å². The van der Waals surface area contributed by atoms with Gasteiger partial charge in [-0.05, 0) is 31.0 Å². The summed E-state index contributed by atoms with van der Waals surface area (Å²) >= 11 is 0. The average Bonchev–Trinajstić information content (AvgIpc) is 2.36. The standard InChI is InChI=1S/C13H20N2O3/c1-4-17-12-7-10(13(14)15-16)5-6-11(12)18-8-9(2)3/h5-7,9,16H,4,8H2,1-3H3,(H2,14,15). The molecule has 0 saturated carbocycles. The minimum absolute atomic E-state index is 0.0476. The summed E-state index contributed by atoms with van der Waals surface area (Å²) in [6, 6.07) is 5.20. The molecule has 5 heteroatoms. The molecule has 0 bridgehead atoms. The van der Waals surface area contributed by atoms with E-state index < -0.39 is 0 Å². The first kappa shape index (κ1) is 14.2. The van der Waals surface area contributed by atoms with E-state index in [1.165, 1.54) is 0 Å². The molecule has 0 aliphatic carbocycles. The second-order valence-electron chi connectivity index (χ2n) is 4.28. The van der Waals surface area contributed by atoms with Gasteiger partial charge < -0.3 is 20.4 Å². The number of hydrogen-bond donors (Lipinski definition) is 2. The van der Waals surface area contributed by atoms with E-state index in [2.05, 4.69) is 19.0 Å². The van der Waals surface area contributed by atoms with Crippen LogP contribution in [0.4, 0.5) is 0 Å². The average molecular weight is 252 g/mol. The zero-order valence-corrected chi connectivity index (χ0v) is 11.0. The minimum atomic E-state index is 0.0476. The molecular weight excluding hydrogens is 232 g/mol. The van der Waals surface area contributed by atoms with Crippen LogP contribution < -0.4 is 15.2 Å². The molecule has 0 unspecified atom stereocenters. The summed E-state index contributed by atoms with van der Waals surface area (Å²) in [5.74, 6) is 1.75. The van der Waals surface area contributed by atoms with Gasteiger partial charge in [0.05, 0.1) is 13.2 Å². The first-order chi connectivity index (χ1) is 8.58. The molecule has 1 aromatic carbocycles. The van der Waals surface area contributed by atoms with Crippen molar-refractivity contribution in [3.05, 3.63) is 23.8 Å². The predicted octanol–water partition coefficient (Wildman–Crippen LogP) is 2.21. The topological polar surface area (TPSA) is 77.1 Å². The van der Waals surface area contributed by atoms with Crippen molar-refractivity contribution in [2.45, 2.75) is 20.8 Å². The van der Waals surface area contributed by atoms with E-state index in [1.54, 1.807) is 18.2 Å². The quantitative estimate of drug-likeness (QED) is 0.352. The van der Waals surface area contributed by atoms with Crippen LogP contribution in [-0.4, -0.2) is 24.3 Å². The number of oxime groups is 1. The lowest BCUT2D eigenvalue weighted by Crippen LogP contribution is -2.13. The molecule has 0 saturated heterocycles. The summed E-state index contributed by atoms with van der Waals surface area (Å²) in [5.41, 5.74) is 6.13. The lowest BCUT2D eigenvalue weighted by molar-refractivity contribution is 0.248. The number of ether oxygens (including phenoxy) is 2. The molecular formula is C13H20N2O3. The zero-order valence-electron chi connectivity index (χ0n) is 11.0. The van der Waals surface area contributed by atoms with Crippen LogP contribution in [0.3, 0.4) is 0 Å². The van der Waals surface area contributed by atoms with Crippen molar-refractivity contribution in [2.75, 3.05) is 13.2 Å². The summed E-state index contributed by atoms with van der Waals surface area (Å²) in [7, 11) is 0. The highest BCUT2D eigenvalue weighted by molar-refractivity contribution is 5.97. The van der Waals surface area contributed by atoms with E-state index in [4.69, 9.17) is 20.4 Å². The van der Waals surface area contributed by atoms with Gasteiger partial charge in [-0.25, -0.2) is 0 Å². The summed E-state index contributed by atoms with van der Waals surface area (Å²) in [6.45, 7) is 7.18. The van der Waals surface area contributed by atoms with Gasteiger partial charge in [-0.1, -0.05) is 19.0 Å². The Hall–Kier alpha value is -1.91. The van der Waals surface area contributed by atoms with Crippen molar-refractivity contribution in [2.24, 2.45) is 16.8 Å². The van der Waals surface area contributed by atoms with Crippen LogP contribution in [0.25, 0.3) is 0 Å². The third-order valence-electron chi connectivity index (χ3n) is 2.22. The van der Waals surface area contributed by atoms with Crippen molar-refractivity contribution >= 4 is 5.84 Å². The summed E-state index contributed by atoms with van der Waals surface area (Å²) in [6.07, 6.45) is 0. The van der Waals surface area contributed by atoms with Gasteiger partial charge in [-0.2, -0.15) is 0 Å². The van der Waals surface area contributed by atoms with Gasteiger partial charge in [-0.3, -0.25) is 0 Å². The highest BCUT2D eigenvalue weighted by Crippen LogP contribution is 2.28. The third kappa shape index (κ3) is 3.84. The number of nitrogens with two attached hydrogens (primary N) is 1. The molecule has 0 radical (unpaired) electrons. The molecule has 100 valence electrons. The van der Waals surface area contributed by atoms with Gasteiger partial charge in [0.25, 0.3) is 0 Å². The molecule has 0 aromatic heterocycles. The summed E-state index contributed by atoms with van der Waals surface area (Å²) < 4.78 is 11.1. The van der Waals surface area contributed by atoms with Gasteiger partial charge in [0.15, 0.2) is 17.3 Å². The fourth-order valence-electron chi connectivity index (χ4n) is 1.37. The van der Waals surface area contributed by atoms with E-state index in [0.717, 1.165) is 0 Å².